The Balaban J connectivity index is 1.65. The van der Waals surface area contributed by atoms with Crippen molar-refractivity contribution in [3.8, 4) is 17.2 Å². The van der Waals surface area contributed by atoms with Gasteiger partial charge < -0.3 is 14.2 Å². The van der Waals surface area contributed by atoms with Crippen LogP contribution in [0.25, 0.3) is 6.08 Å². The highest BCUT2D eigenvalue weighted by atomic mass is 35.5. The molecule has 1 fully saturated rings. The van der Waals surface area contributed by atoms with Gasteiger partial charge in [-0.2, -0.15) is 0 Å². The summed E-state index contributed by atoms with van der Waals surface area (Å²) in [5.74, 6) is 1.52. The van der Waals surface area contributed by atoms with Crippen LogP contribution in [0.1, 0.15) is 23.6 Å². The van der Waals surface area contributed by atoms with Gasteiger partial charge in [-0.25, -0.2) is 0 Å². The minimum absolute atomic E-state index is 0.229. The molecular weight excluding hydrogens is 561 g/mol. The number of thiocarbonyl (C=S) groups is 1. The Kier molecular flexibility index (Phi) is 9.39. The number of carbonyl (C=O) groups excluding carboxylic acids is 1. The fraction of sp³-hybridized carbons (Fsp3) is 0.172. The Bertz CT molecular complexity index is 1410. The SMILES string of the molecule is C=CCc1cc(/C=C2\SC(=S)N(c3ccc(OC)c(Cl)c3)C2=O)cc(OCC)c1OCc1ccc(Cl)cc1. The Morgan fingerprint density at radius 1 is 1.05 bits per heavy atom. The summed E-state index contributed by atoms with van der Waals surface area (Å²) in [6.07, 6.45) is 4.17. The summed E-state index contributed by atoms with van der Waals surface area (Å²) in [7, 11) is 1.54. The van der Waals surface area contributed by atoms with Gasteiger partial charge in [0.15, 0.2) is 15.8 Å². The van der Waals surface area contributed by atoms with E-state index in [0.717, 1.165) is 16.7 Å². The van der Waals surface area contributed by atoms with Crippen LogP contribution in [0.4, 0.5) is 5.69 Å². The van der Waals surface area contributed by atoms with Crippen LogP contribution in [0.15, 0.2) is 72.2 Å². The third-order valence-electron chi connectivity index (χ3n) is 5.60. The second-order valence-corrected chi connectivity index (χ2v) is 10.7. The van der Waals surface area contributed by atoms with Gasteiger partial charge in [0.2, 0.25) is 0 Å². The van der Waals surface area contributed by atoms with E-state index in [2.05, 4.69) is 6.58 Å². The second-order valence-electron chi connectivity index (χ2n) is 8.18. The highest BCUT2D eigenvalue weighted by molar-refractivity contribution is 8.27. The van der Waals surface area contributed by atoms with Crippen LogP contribution in [-0.2, 0) is 17.8 Å². The molecule has 1 aliphatic heterocycles. The fourth-order valence-corrected chi connectivity index (χ4v) is 5.55. The van der Waals surface area contributed by atoms with Crippen molar-refractivity contribution >= 4 is 69.2 Å². The number of halogens is 2. The number of thioether (sulfide) groups is 1. The van der Waals surface area contributed by atoms with Gasteiger partial charge in [-0.15, -0.1) is 6.58 Å². The topological polar surface area (TPSA) is 48.0 Å². The van der Waals surface area contributed by atoms with Gasteiger partial charge in [0.25, 0.3) is 5.91 Å². The molecule has 0 saturated carbocycles. The summed E-state index contributed by atoms with van der Waals surface area (Å²) in [6.45, 7) is 6.61. The normalized spacial score (nSPS) is 14.2. The molecule has 196 valence electrons. The van der Waals surface area contributed by atoms with E-state index in [-0.39, 0.29) is 5.91 Å². The summed E-state index contributed by atoms with van der Waals surface area (Å²) in [6, 6.07) is 16.4. The van der Waals surface area contributed by atoms with Crippen molar-refractivity contribution in [2.45, 2.75) is 20.0 Å². The maximum atomic E-state index is 13.4. The minimum atomic E-state index is -0.229. The number of benzene rings is 3. The van der Waals surface area contributed by atoms with Crippen molar-refractivity contribution in [1.82, 2.24) is 0 Å². The Hall–Kier alpha value is -2.97. The molecule has 0 N–H and O–H groups in total. The number of methoxy groups -OCH3 is 1. The van der Waals surface area contributed by atoms with Crippen LogP contribution in [0.2, 0.25) is 10.0 Å². The molecule has 3 aromatic carbocycles. The monoisotopic (exact) mass is 585 g/mol. The maximum absolute atomic E-state index is 13.4. The quantitative estimate of drug-likeness (QED) is 0.136. The molecule has 9 heteroatoms. The molecule has 0 spiro atoms. The molecule has 1 aliphatic rings. The van der Waals surface area contributed by atoms with Crippen LogP contribution in [0.5, 0.6) is 17.2 Å². The number of hydrogen-bond donors (Lipinski definition) is 0. The van der Waals surface area contributed by atoms with Crippen molar-refractivity contribution in [3.05, 3.63) is 98.9 Å². The molecule has 1 saturated heterocycles. The molecule has 0 aliphatic carbocycles. The van der Waals surface area contributed by atoms with Gasteiger partial charge in [-0.05, 0) is 73.0 Å². The fourth-order valence-electron chi connectivity index (χ4n) is 3.87. The lowest BCUT2D eigenvalue weighted by atomic mass is 10.0. The van der Waals surface area contributed by atoms with E-state index in [0.29, 0.717) is 61.8 Å². The molecule has 0 radical (unpaired) electrons. The van der Waals surface area contributed by atoms with E-state index in [9.17, 15) is 4.79 Å². The van der Waals surface area contributed by atoms with E-state index < -0.39 is 0 Å². The first kappa shape index (κ1) is 28.0. The summed E-state index contributed by atoms with van der Waals surface area (Å²) in [5.41, 5.74) is 3.24. The average molecular weight is 587 g/mol. The van der Waals surface area contributed by atoms with E-state index in [1.54, 1.807) is 24.3 Å². The molecule has 0 aromatic heterocycles. The molecule has 3 aromatic rings. The highest BCUT2D eigenvalue weighted by Gasteiger charge is 2.33. The lowest BCUT2D eigenvalue weighted by molar-refractivity contribution is -0.113. The van der Waals surface area contributed by atoms with Gasteiger partial charge >= 0.3 is 0 Å². The first-order valence-electron chi connectivity index (χ1n) is 11.7. The Morgan fingerprint density at radius 3 is 2.47 bits per heavy atom. The zero-order valence-electron chi connectivity index (χ0n) is 20.8. The van der Waals surface area contributed by atoms with Crippen LogP contribution >= 0.6 is 47.2 Å². The molecule has 0 unspecified atom stereocenters. The Morgan fingerprint density at radius 2 is 1.82 bits per heavy atom. The average Bonchev–Trinajstić information content (AvgIpc) is 3.17. The Labute approximate surface area is 242 Å². The van der Waals surface area contributed by atoms with Gasteiger partial charge in [0.05, 0.1) is 29.3 Å². The van der Waals surface area contributed by atoms with Gasteiger partial charge in [-0.3, -0.25) is 9.69 Å². The lowest BCUT2D eigenvalue weighted by Crippen LogP contribution is -2.27. The molecule has 4 rings (SSSR count). The third-order valence-corrected chi connectivity index (χ3v) is 7.45. The number of anilines is 1. The number of carbonyl (C=O) groups is 1. The zero-order valence-corrected chi connectivity index (χ0v) is 24.0. The van der Waals surface area contributed by atoms with E-state index >= 15 is 0 Å². The number of hydrogen-bond acceptors (Lipinski definition) is 6. The van der Waals surface area contributed by atoms with Crippen LogP contribution in [0, 0.1) is 0 Å². The van der Waals surface area contributed by atoms with E-state index in [1.165, 1.54) is 23.8 Å². The predicted octanol–water partition coefficient (Wildman–Crippen LogP) is 8.11. The smallest absolute Gasteiger partial charge is 0.270 e. The van der Waals surface area contributed by atoms with Crippen molar-refractivity contribution < 1.29 is 19.0 Å². The molecule has 0 atom stereocenters. The summed E-state index contributed by atoms with van der Waals surface area (Å²) < 4.78 is 17.8. The summed E-state index contributed by atoms with van der Waals surface area (Å²) in [4.78, 5) is 15.3. The predicted molar refractivity (Wildman–Crippen MR) is 161 cm³/mol. The third kappa shape index (κ3) is 6.35. The van der Waals surface area contributed by atoms with Crippen molar-refractivity contribution in [2.24, 2.45) is 0 Å². The van der Waals surface area contributed by atoms with E-state index in [4.69, 9.17) is 49.6 Å². The van der Waals surface area contributed by atoms with Crippen LogP contribution in [-0.4, -0.2) is 23.9 Å². The van der Waals surface area contributed by atoms with Crippen molar-refractivity contribution in [2.75, 3.05) is 18.6 Å². The number of amides is 1. The number of nitrogens with zero attached hydrogens (tertiary/aromatic N) is 1. The molecule has 0 bridgehead atoms. The summed E-state index contributed by atoms with van der Waals surface area (Å²) >= 11 is 19.0. The lowest BCUT2D eigenvalue weighted by Gasteiger charge is -2.17. The van der Waals surface area contributed by atoms with E-state index in [1.807, 2.05) is 49.4 Å². The van der Waals surface area contributed by atoms with Crippen LogP contribution in [0.3, 0.4) is 0 Å². The first-order valence-corrected chi connectivity index (χ1v) is 13.7. The van der Waals surface area contributed by atoms with Gasteiger partial charge in [0.1, 0.15) is 12.4 Å². The first-order chi connectivity index (χ1) is 18.3. The van der Waals surface area contributed by atoms with Crippen molar-refractivity contribution in [1.29, 1.82) is 0 Å². The largest absolute Gasteiger partial charge is 0.495 e. The number of rotatable bonds is 10. The number of ether oxygens (including phenoxy) is 3. The van der Waals surface area contributed by atoms with Gasteiger partial charge in [-0.1, -0.05) is 65.4 Å². The van der Waals surface area contributed by atoms with Gasteiger partial charge in [0, 0.05) is 10.6 Å². The molecule has 5 nitrogen and oxygen atoms in total. The van der Waals surface area contributed by atoms with Crippen molar-refractivity contribution in [3.63, 3.8) is 0 Å². The molecule has 1 amide bonds. The molecule has 1 heterocycles. The standard InChI is InChI=1S/C29H25Cl2NO4S2/c1-4-6-20-13-19(14-25(35-5-2)27(20)36-17-18-7-9-21(30)10-8-18)15-26-28(33)32(29(37)38-26)22-11-12-24(34-3)23(31)16-22/h4,7-16H,1,5-6,17H2,2-3H3/b26-15-. The highest BCUT2D eigenvalue weighted by Crippen LogP contribution is 2.40. The van der Waals surface area contributed by atoms with Crippen LogP contribution < -0.4 is 19.1 Å². The molecular formula is C29H25Cl2NO4S2. The number of allylic oxidation sites excluding steroid dienone is 1. The summed E-state index contributed by atoms with van der Waals surface area (Å²) in [5, 5.41) is 1.06. The minimum Gasteiger partial charge on any atom is -0.495 e. The zero-order chi connectivity index (χ0) is 27.2. The maximum Gasteiger partial charge on any atom is 0.270 e. The molecule has 38 heavy (non-hydrogen) atoms. The second kappa shape index (κ2) is 12.7.